The van der Waals surface area contributed by atoms with Gasteiger partial charge in [-0.15, -0.1) is 10.2 Å². The summed E-state index contributed by atoms with van der Waals surface area (Å²) in [4.78, 5) is 0. The SMILES string of the molecule is CCn1c(COc2ccccc2)nnc1SCc1ccc(Cl)c(Cl)c1. The van der Waals surface area contributed by atoms with E-state index in [1.165, 1.54) is 0 Å². The number of para-hydroxylation sites is 1. The van der Waals surface area contributed by atoms with Crippen LogP contribution >= 0.6 is 35.0 Å². The summed E-state index contributed by atoms with van der Waals surface area (Å²) in [6, 6.07) is 15.3. The molecule has 1 heterocycles. The van der Waals surface area contributed by atoms with Gasteiger partial charge in [-0.05, 0) is 36.8 Å². The molecule has 0 amide bonds. The Bertz CT molecular complexity index is 840. The normalized spacial score (nSPS) is 10.8. The molecule has 0 unspecified atom stereocenters. The fourth-order valence-electron chi connectivity index (χ4n) is 2.29. The summed E-state index contributed by atoms with van der Waals surface area (Å²) >= 11 is 13.6. The molecule has 0 bridgehead atoms. The summed E-state index contributed by atoms with van der Waals surface area (Å²) in [5.74, 6) is 2.37. The first kappa shape index (κ1) is 18.1. The van der Waals surface area contributed by atoms with Crippen molar-refractivity contribution in [1.29, 1.82) is 0 Å². The van der Waals surface area contributed by atoms with E-state index in [1.807, 2.05) is 48.5 Å². The first-order chi connectivity index (χ1) is 12.2. The summed E-state index contributed by atoms with van der Waals surface area (Å²) in [5.41, 5.74) is 1.09. The Morgan fingerprint density at radius 3 is 2.56 bits per heavy atom. The average molecular weight is 394 g/mol. The number of ether oxygens (including phenoxy) is 1. The van der Waals surface area contributed by atoms with Crippen LogP contribution < -0.4 is 4.74 Å². The molecular weight excluding hydrogens is 377 g/mol. The molecule has 0 N–H and O–H groups in total. The molecule has 4 nitrogen and oxygen atoms in total. The minimum atomic E-state index is 0.387. The van der Waals surface area contributed by atoms with Crippen molar-refractivity contribution >= 4 is 35.0 Å². The lowest BCUT2D eigenvalue weighted by Gasteiger charge is -2.09. The molecule has 25 heavy (non-hydrogen) atoms. The first-order valence-corrected chi connectivity index (χ1v) is 9.58. The van der Waals surface area contributed by atoms with Crippen LogP contribution in [0.3, 0.4) is 0 Å². The Morgan fingerprint density at radius 1 is 1.04 bits per heavy atom. The quantitative estimate of drug-likeness (QED) is 0.498. The third-order valence-corrected chi connectivity index (χ3v) is 5.35. The lowest BCUT2D eigenvalue weighted by Crippen LogP contribution is -2.07. The van der Waals surface area contributed by atoms with Crippen molar-refractivity contribution in [2.24, 2.45) is 0 Å². The van der Waals surface area contributed by atoms with Crippen LogP contribution in [0.1, 0.15) is 18.3 Å². The van der Waals surface area contributed by atoms with E-state index in [1.54, 1.807) is 11.8 Å². The van der Waals surface area contributed by atoms with E-state index in [0.29, 0.717) is 16.7 Å². The highest BCUT2D eigenvalue weighted by atomic mass is 35.5. The predicted octanol–water partition coefficient (Wildman–Crippen LogP) is 5.48. The molecule has 7 heteroatoms. The molecule has 0 radical (unpaired) electrons. The van der Waals surface area contributed by atoms with E-state index in [0.717, 1.165) is 34.6 Å². The van der Waals surface area contributed by atoms with Crippen LogP contribution in [0, 0.1) is 0 Å². The molecular formula is C18H17Cl2N3OS. The number of aromatic nitrogens is 3. The van der Waals surface area contributed by atoms with Crippen LogP contribution in [0.5, 0.6) is 5.75 Å². The zero-order valence-corrected chi connectivity index (χ0v) is 16.0. The van der Waals surface area contributed by atoms with Gasteiger partial charge in [-0.3, -0.25) is 0 Å². The van der Waals surface area contributed by atoms with Gasteiger partial charge in [0.1, 0.15) is 12.4 Å². The summed E-state index contributed by atoms with van der Waals surface area (Å²) in [7, 11) is 0. The first-order valence-electron chi connectivity index (χ1n) is 7.84. The van der Waals surface area contributed by atoms with Crippen LogP contribution in [0.4, 0.5) is 0 Å². The minimum Gasteiger partial charge on any atom is -0.486 e. The Morgan fingerprint density at radius 2 is 1.84 bits per heavy atom. The van der Waals surface area contributed by atoms with Crippen molar-refractivity contribution in [1.82, 2.24) is 14.8 Å². The monoisotopic (exact) mass is 393 g/mol. The third-order valence-electron chi connectivity index (χ3n) is 3.57. The van der Waals surface area contributed by atoms with Crippen molar-refractivity contribution < 1.29 is 4.74 Å². The van der Waals surface area contributed by atoms with Gasteiger partial charge in [0.25, 0.3) is 0 Å². The number of rotatable bonds is 7. The van der Waals surface area contributed by atoms with Crippen LogP contribution in [0.25, 0.3) is 0 Å². The van der Waals surface area contributed by atoms with Gasteiger partial charge in [0, 0.05) is 12.3 Å². The smallest absolute Gasteiger partial charge is 0.191 e. The summed E-state index contributed by atoms with van der Waals surface area (Å²) < 4.78 is 7.84. The maximum atomic E-state index is 6.07. The van der Waals surface area contributed by atoms with Crippen LogP contribution in [-0.4, -0.2) is 14.8 Å². The Hall–Kier alpha value is -1.69. The average Bonchev–Trinajstić information content (AvgIpc) is 3.03. The molecule has 0 aliphatic heterocycles. The van der Waals surface area contributed by atoms with E-state index < -0.39 is 0 Å². The number of benzene rings is 2. The van der Waals surface area contributed by atoms with Gasteiger partial charge in [-0.2, -0.15) is 0 Å². The highest BCUT2D eigenvalue weighted by Gasteiger charge is 2.12. The molecule has 0 saturated carbocycles. The van der Waals surface area contributed by atoms with Crippen LogP contribution in [0.2, 0.25) is 10.0 Å². The molecule has 3 rings (SSSR count). The molecule has 0 aliphatic carbocycles. The Balaban J connectivity index is 1.66. The summed E-state index contributed by atoms with van der Waals surface area (Å²) in [6.45, 7) is 3.24. The molecule has 0 aliphatic rings. The zero-order chi connectivity index (χ0) is 17.6. The second-order valence-electron chi connectivity index (χ2n) is 5.28. The molecule has 3 aromatic rings. The molecule has 0 spiro atoms. The fourth-order valence-corrected chi connectivity index (χ4v) is 3.58. The number of nitrogens with zero attached hydrogens (tertiary/aromatic N) is 3. The predicted molar refractivity (Wildman–Crippen MR) is 102 cm³/mol. The van der Waals surface area contributed by atoms with Crippen molar-refractivity contribution in [2.45, 2.75) is 31.0 Å². The van der Waals surface area contributed by atoms with Crippen molar-refractivity contribution in [3.05, 3.63) is 70.0 Å². The van der Waals surface area contributed by atoms with E-state index in [9.17, 15) is 0 Å². The van der Waals surface area contributed by atoms with Crippen molar-refractivity contribution in [2.75, 3.05) is 0 Å². The van der Waals surface area contributed by atoms with E-state index in [4.69, 9.17) is 27.9 Å². The van der Waals surface area contributed by atoms with Gasteiger partial charge in [-0.25, -0.2) is 0 Å². The standard InChI is InChI=1S/C18H17Cl2N3OS/c1-2-23-17(11-24-14-6-4-3-5-7-14)21-22-18(23)25-12-13-8-9-15(19)16(20)10-13/h3-10H,2,11-12H2,1H3. The molecule has 0 saturated heterocycles. The summed E-state index contributed by atoms with van der Waals surface area (Å²) in [6.07, 6.45) is 0. The lowest BCUT2D eigenvalue weighted by molar-refractivity contribution is 0.288. The van der Waals surface area contributed by atoms with Gasteiger partial charge >= 0.3 is 0 Å². The van der Waals surface area contributed by atoms with Crippen LogP contribution in [-0.2, 0) is 18.9 Å². The highest BCUT2D eigenvalue weighted by Crippen LogP contribution is 2.27. The topological polar surface area (TPSA) is 39.9 Å². The van der Waals surface area contributed by atoms with Gasteiger partial charge < -0.3 is 9.30 Å². The maximum Gasteiger partial charge on any atom is 0.191 e. The van der Waals surface area contributed by atoms with Gasteiger partial charge in [0.15, 0.2) is 11.0 Å². The molecule has 2 aromatic carbocycles. The van der Waals surface area contributed by atoms with E-state index >= 15 is 0 Å². The largest absolute Gasteiger partial charge is 0.486 e. The molecule has 0 fully saturated rings. The number of hydrogen-bond donors (Lipinski definition) is 0. The van der Waals surface area contributed by atoms with Crippen molar-refractivity contribution in [3.8, 4) is 5.75 Å². The third kappa shape index (κ3) is 4.69. The van der Waals surface area contributed by atoms with Gasteiger partial charge in [-0.1, -0.05) is 59.2 Å². The minimum absolute atomic E-state index is 0.387. The second-order valence-corrected chi connectivity index (χ2v) is 7.04. The second kappa shape index (κ2) is 8.61. The van der Waals surface area contributed by atoms with Gasteiger partial charge in [0.05, 0.1) is 10.0 Å². The number of thioether (sulfide) groups is 1. The zero-order valence-electron chi connectivity index (χ0n) is 13.7. The van der Waals surface area contributed by atoms with E-state index in [-0.39, 0.29) is 0 Å². The number of halogens is 2. The van der Waals surface area contributed by atoms with E-state index in [2.05, 4.69) is 21.7 Å². The molecule has 1 aromatic heterocycles. The maximum absolute atomic E-state index is 6.07. The highest BCUT2D eigenvalue weighted by molar-refractivity contribution is 7.98. The fraction of sp³-hybridized carbons (Fsp3) is 0.222. The van der Waals surface area contributed by atoms with Gasteiger partial charge in [0.2, 0.25) is 0 Å². The Kier molecular flexibility index (Phi) is 6.24. The number of hydrogen-bond acceptors (Lipinski definition) is 4. The van der Waals surface area contributed by atoms with Crippen molar-refractivity contribution in [3.63, 3.8) is 0 Å². The lowest BCUT2D eigenvalue weighted by atomic mass is 10.2. The summed E-state index contributed by atoms with van der Waals surface area (Å²) in [5, 5.41) is 10.5. The Labute approximate surface area is 161 Å². The molecule has 0 atom stereocenters. The molecule has 130 valence electrons. The van der Waals surface area contributed by atoms with Crippen LogP contribution in [0.15, 0.2) is 53.7 Å².